The van der Waals surface area contributed by atoms with Gasteiger partial charge < -0.3 is 20.9 Å². The molecule has 4 atom stereocenters. The Bertz CT molecular complexity index is 532. The third kappa shape index (κ3) is 2.17. The van der Waals surface area contributed by atoms with Gasteiger partial charge in [-0.15, -0.1) is 0 Å². The maximum atomic E-state index is 12.3. The second-order valence-corrected chi connectivity index (χ2v) is 5.72. The fourth-order valence-corrected chi connectivity index (χ4v) is 3.26. The number of carbonyl (C=O) groups excluding carboxylic acids is 1. The van der Waals surface area contributed by atoms with E-state index in [4.69, 9.17) is 10.5 Å². The minimum Gasteiger partial charge on any atom is -0.508 e. The van der Waals surface area contributed by atoms with E-state index in [1.165, 1.54) is 6.07 Å². The molecule has 1 amide bonds. The first-order valence-corrected chi connectivity index (χ1v) is 7.05. The van der Waals surface area contributed by atoms with Gasteiger partial charge in [-0.2, -0.15) is 0 Å². The van der Waals surface area contributed by atoms with Crippen molar-refractivity contribution in [2.75, 3.05) is 6.61 Å². The lowest BCUT2D eigenvalue weighted by Crippen LogP contribution is -2.72. The van der Waals surface area contributed by atoms with E-state index in [2.05, 4.69) is 5.32 Å². The standard InChI is InChI=1S/C15H20N2O3/c1-8-7-9(18)4-5-10(8)15(19)17-13-12(16)11-3-2-6-20-14(11)13/h4-5,7,11-14,18H,2-3,6,16H2,1H3,(H,17,19). The quantitative estimate of drug-likeness (QED) is 0.750. The van der Waals surface area contributed by atoms with Crippen LogP contribution in [0.5, 0.6) is 5.75 Å². The van der Waals surface area contributed by atoms with Gasteiger partial charge in [-0.05, 0) is 43.5 Å². The maximum absolute atomic E-state index is 12.3. The summed E-state index contributed by atoms with van der Waals surface area (Å²) in [6.45, 7) is 2.55. The van der Waals surface area contributed by atoms with E-state index in [9.17, 15) is 9.90 Å². The summed E-state index contributed by atoms with van der Waals surface area (Å²) in [6.07, 6.45) is 2.18. The fourth-order valence-electron chi connectivity index (χ4n) is 3.26. The van der Waals surface area contributed by atoms with Crippen LogP contribution >= 0.6 is 0 Å². The Morgan fingerprint density at radius 1 is 1.50 bits per heavy atom. The third-order valence-corrected chi connectivity index (χ3v) is 4.43. The predicted molar refractivity (Wildman–Crippen MR) is 74.5 cm³/mol. The number of phenols is 1. The van der Waals surface area contributed by atoms with E-state index < -0.39 is 0 Å². The number of fused-ring (bicyclic) bond motifs is 1. The maximum Gasteiger partial charge on any atom is 0.251 e. The minimum absolute atomic E-state index is 0.0262. The number of hydrogen-bond donors (Lipinski definition) is 3. The summed E-state index contributed by atoms with van der Waals surface area (Å²) in [5, 5.41) is 12.4. The Balaban J connectivity index is 1.70. The molecule has 20 heavy (non-hydrogen) atoms. The van der Waals surface area contributed by atoms with Gasteiger partial charge >= 0.3 is 0 Å². The van der Waals surface area contributed by atoms with Gasteiger partial charge in [0.1, 0.15) is 5.75 Å². The van der Waals surface area contributed by atoms with E-state index in [0.717, 1.165) is 25.0 Å². The molecule has 0 spiro atoms. The lowest BCUT2D eigenvalue weighted by atomic mass is 9.68. The van der Waals surface area contributed by atoms with Crippen molar-refractivity contribution in [1.82, 2.24) is 5.32 Å². The molecule has 4 unspecified atom stereocenters. The van der Waals surface area contributed by atoms with Gasteiger partial charge in [-0.1, -0.05) is 0 Å². The zero-order valence-electron chi connectivity index (χ0n) is 11.5. The average Bonchev–Trinajstić information content (AvgIpc) is 2.44. The summed E-state index contributed by atoms with van der Waals surface area (Å²) >= 11 is 0. The van der Waals surface area contributed by atoms with Crippen LogP contribution in [0.15, 0.2) is 18.2 Å². The Hall–Kier alpha value is -1.59. The molecule has 0 aromatic heterocycles. The zero-order valence-corrected chi connectivity index (χ0v) is 11.5. The summed E-state index contributed by atoms with van der Waals surface area (Å²) in [5.41, 5.74) is 7.44. The van der Waals surface area contributed by atoms with E-state index in [-0.39, 0.29) is 29.8 Å². The molecule has 0 bridgehead atoms. The molecule has 1 aliphatic heterocycles. The SMILES string of the molecule is Cc1cc(O)ccc1C(=O)NC1C(N)C2CCCOC21. The number of ether oxygens (including phenoxy) is 1. The smallest absolute Gasteiger partial charge is 0.251 e. The van der Waals surface area contributed by atoms with Gasteiger partial charge in [-0.3, -0.25) is 4.79 Å². The first kappa shape index (κ1) is 13.4. The number of phenolic OH excluding ortho intramolecular Hbond substituents is 1. The van der Waals surface area contributed by atoms with Crippen molar-refractivity contribution in [3.8, 4) is 5.75 Å². The van der Waals surface area contributed by atoms with E-state index in [1.54, 1.807) is 19.1 Å². The van der Waals surface area contributed by atoms with Gasteiger partial charge in [0.05, 0.1) is 12.1 Å². The predicted octanol–water partition coefficient (Wildman–Crippen LogP) is 0.935. The first-order valence-electron chi connectivity index (χ1n) is 7.05. The van der Waals surface area contributed by atoms with E-state index in [1.807, 2.05) is 0 Å². The van der Waals surface area contributed by atoms with Crippen LogP contribution < -0.4 is 11.1 Å². The van der Waals surface area contributed by atoms with Gasteiger partial charge in [0, 0.05) is 24.1 Å². The molecule has 1 aromatic rings. The molecule has 0 radical (unpaired) electrons. The van der Waals surface area contributed by atoms with Crippen molar-refractivity contribution < 1.29 is 14.6 Å². The molecular formula is C15H20N2O3. The van der Waals surface area contributed by atoms with Gasteiger partial charge in [0.25, 0.3) is 5.91 Å². The Labute approximate surface area is 118 Å². The number of aromatic hydroxyl groups is 1. The first-order chi connectivity index (χ1) is 9.58. The van der Waals surface area contributed by atoms with Crippen LogP contribution in [0.25, 0.3) is 0 Å². The molecule has 1 saturated carbocycles. The van der Waals surface area contributed by atoms with Crippen LogP contribution in [-0.2, 0) is 4.74 Å². The van der Waals surface area contributed by atoms with Crippen LogP contribution in [-0.4, -0.2) is 35.8 Å². The number of aryl methyl sites for hydroxylation is 1. The van der Waals surface area contributed by atoms with Gasteiger partial charge in [0.15, 0.2) is 0 Å². The monoisotopic (exact) mass is 276 g/mol. The highest BCUT2D eigenvalue weighted by Crippen LogP contribution is 2.37. The molecule has 1 aliphatic carbocycles. The van der Waals surface area contributed by atoms with Crippen LogP contribution in [0, 0.1) is 12.8 Å². The van der Waals surface area contributed by atoms with Gasteiger partial charge in [0.2, 0.25) is 0 Å². The number of rotatable bonds is 2. The molecule has 4 N–H and O–H groups in total. The molecule has 108 valence electrons. The highest BCUT2D eigenvalue weighted by atomic mass is 16.5. The fraction of sp³-hybridized carbons (Fsp3) is 0.533. The largest absolute Gasteiger partial charge is 0.508 e. The Kier molecular flexibility index (Phi) is 3.40. The summed E-state index contributed by atoms with van der Waals surface area (Å²) in [7, 11) is 0. The van der Waals surface area contributed by atoms with E-state index >= 15 is 0 Å². The molecule has 1 saturated heterocycles. The molecule has 2 fully saturated rings. The van der Waals surface area contributed by atoms with Crippen molar-refractivity contribution in [3.63, 3.8) is 0 Å². The molecule has 5 heteroatoms. The van der Waals surface area contributed by atoms with Crippen molar-refractivity contribution >= 4 is 5.91 Å². The molecule has 2 aliphatic rings. The molecule has 5 nitrogen and oxygen atoms in total. The van der Waals surface area contributed by atoms with Crippen LogP contribution in [0.2, 0.25) is 0 Å². The Morgan fingerprint density at radius 3 is 3.05 bits per heavy atom. The van der Waals surface area contributed by atoms with Crippen LogP contribution in [0.1, 0.15) is 28.8 Å². The lowest BCUT2D eigenvalue weighted by Gasteiger charge is -2.52. The van der Waals surface area contributed by atoms with E-state index in [0.29, 0.717) is 11.5 Å². The second-order valence-electron chi connectivity index (χ2n) is 5.72. The summed E-state index contributed by atoms with van der Waals surface area (Å²) < 4.78 is 5.71. The lowest BCUT2D eigenvalue weighted by molar-refractivity contribution is -0.117. The molecular weight excluding hydrogens is 256 g/mol. The topological polar surface area (TPSA) is 84.6 Å². The van der Waals surface area contributed by atoms with Crippen molar-refractivity contribution in [3.05, 3.63) is 29.3 Å². The molecule has 1 heterocycles. The number of amides is 1. The normalized spacial score (nSPS) is 32.1. The average molecular weight is 276 g/mol. The highest BCUT2D eigenvalue weighted by molar-refractivity contribution is 5.96. The number of carbonyl (C=O) groups is 1. The van der Waals surface area contributed by atoms with Crippen molar-refractivity contribution in [1.29, 1.82) is 0 Å². The summed E-state index contributed by atoms with van der Waals surface area (Å²) in [4.78, 5) is 12.3. The summed E-state index contributed by atoms with van der Waals surface area (Å²) in [5.74, 6) is 0.376. The van der Waals surface area contributed by atoms with Crippen molar-refractivity contribution in [2.24, 2.45) is 11.7 Å². The second kappa shape index (κ2) is 5.07. The number of nitrogens with two attached hydrogens (primary N) is 1. The Morgan fingerprint density at radius 2 is 2.30 bits per heavy atom. The molecule has 3 rings (SSSR count). The number of nitrogens with one attached hydrogen (secondary N) is 1. The number of hydrogen-bond acceptors (Lipinski definition) is 4. The zero-order chi connectivity index (χ0) is 14.3. The summed E-state index contributed by atoms with van der Waals surface area (Å²) in [6, 6.07) is 4.59. The van der Waals surface area contributed by atoms with Gasteiger partial charge in [-0.25, -0.2) is 0 Å². The highest BCUT2D eigenvalue weighted by Gasteiger charge is 2.51. The number of benzene rings is 1. The minimum atomic E-state index is -0.157. The van der Waals surface area contributed by atoms with Crippen LogP contribution in [0.3, 0.4) is 0 Å². The third-order valence-electron chi connectivity index (χ3n) is 4.43. The molecule has 1 aromatic carbocycles. The van der Waals surface area contributed by atoms with Crippen molar-refractivity contribution in [2.45, 2.75) is 38.0 Å². The van der Waals surface area contributed by atoms with Crippen LogP contribution in [0.4, 0.5) is 0 Å².